The monoisotopic (exact) mass is 264 g/mol. The van der Waals surface area contributed by atoms with E-state index in [0.717, 1.165) is 13.2 Å². The molecular formula is C18H20N2. The molecule has 2 bridgehead atoms. The van der Waals surface area contributed by atoms with Crippen molar-refractivity contribution >= 4 is 11.4 Å². The van der Waals surface area contributed by atoms with E-state index < -0.39 is 0 Å². The molecule has 0 amide bonds. The summed E-state index contributed by atoms with van der Waals surface area (Å²) in [6.07, 6.45) is 0. The van der Waals surface area contributed by atoms with Gasteiger partial charge in [0.15, 0.2) is 0 Å². The van der Waals surface area contributed by atoms with Crippen LogP contribution in [0.25, 0.3) is 0 Å². The van der Waals surface area contributed by atoms with Crippen LogP contribution in [0.5, 0.6) is 0 Å². The van der Waals surface area contributed by atoms with Crippen LogP contribution < -0.4 is 9.80 Å². The van der Waals surface area contributed by atoms with Gasteiger partial charge in [-0.1, -0.05) is 35.4 Å². The maximum absolute atomic E-state index is 2.53. The highest BCUT2D eigenvalue weighted by Gasteiger charge is 2.33. The van der Waals surface area contributed by atoms with E-state index in [4.69, 9.17) is 0 Å². The fourth-order valence-electron chi connectivity index (χ4n) is 3.59. The topological polar surface area (TPSA) is 6.48 Å². The van der Waals surface area contributed by atoms with Crippen molar-refractivity contribution in [3.63, 3.8) is 0 Å². The maximum Gasteiger partial charge on any atom is 0.0912 e. The molecule has 0 aromatic heterocycles. The molecule has 0 saturated carbocycles. The highest BCUT2D eigenvalue weighted by atomic mass is 15.4. The predicted molar refractivity (Wildman–Crippen MR) is 84.3 cm³/mol. The van der Waals surface area contributed by atoms with Crippen LogP contribution >= 0.6 is 0 Å². The number of fused-ring (bicyclic) bond motifs is 6. The average molecular weight is 264 g/mol. The van der Waals surface area contributed by atoms with Gasteiger partial charge in [-0.3, -0.25) is 0 Å². The summed E-state index contributed by atoms with van der Waals surface area (Å²) in [6, 6.07) is 14.2. The van der Waals surface area contributed by atoms with Crippen LogP contribution in [0.2, 0.25) is 0 Å². The maximum atomic E-state index is 2.53. The molecule has 2 aromatic carbocycles. The average Bonchev–Trinajstić information content (AvgIpc) is 2.44. The Bertz CT molecular complexity index is 690. The number of benzene rings is 2. The number of hydrogen-bond acceptors (Lipinski definition) is 2. The van der Waals surface area contributed by atoms with Gasteiger partial charge >= 0.3 is 0 Å². The van der Waals surface area contributed by atoms with Crippen molar-refractivity contribution in [1.82, 2.24) is 0 Å². The molecule has 20 heavy (non-hydrogen) atoms. The summed E-state index contributed by atoms with van der Waals surface area (Å²) in [4.78, 5) is 5.02. The summed E-state index contributed by atoms with van der Waals surface area (Å²) in [6.45, 7) is 8.71. The molecular weight excluding hydrogens is 244 g/mol. The minimum absolute atomic E-state index is 0.447. The van der Waals surface area contributed by atoms with Crippen LogP contribution in [0.1, 0.15) is 35.2 Å². The first-order chi connectivity index (χ1) is 9.63. The van der Waals surface area contributed by atoms with Crippen molar-refractivity contribution in [2.24, 2.45) is 0 Å². The molecule has 0 aliphatic carbocycles. The fraction of sp³-hybridized carbons (Fsp3) is 0.333. The molecule has 1 atom stereocenters. The van der Waals surface area contributed by atoms with E-state index >= 15 is 0 Å². The normalized spacial score (nSPS) is 19.6. The summed E-state index contributed by atoms with van der Waals surface area (Å²) in [5.74, 6) is 0. The first-order valence-corrected chi connectivity index (χ1v) is 7.35. The van der Waals surface area contributed by atoms with Crippen LogP contribution in [0.4, 0.5) is 11.4 Å². The van der Waals surface area contributed by atoms with Gasteiger partial charge in [0.05, 0.1) is 12.7 Å². The summed E-state index contributed by atoms with van der Waals surface area (Å²) >= 11 is 0. The van der Waals surface area contributed by atoms with Crippen LogP contribution in [-0.4, -0.2) is 6.67 Å². The Hall–Kier alpha value is -1.96. The van der Waals surface area contributed by atoms with E-state index in [-0.39, 0.29) is 0 Å². The fourth-order valence-corrected chi connectivity index (χ4v) is 3.59. The Morgan fingerprint density at radius 1 is 0.950 bits per heavy atom. The molecule has 2 aromatic rings. The van der Waals surface area contributed by atoms with Crippen molar-refractivity contribution in [1.29, 1.82) is 0 Å². The summed E-state index contributed by atoms with van der Waals surface area (Å²) in [5, 5.41) is 0. The predicted octanol–water partition coefficient (Wildman–Crippen LogP) is 4.16. The standard InChI is InChI=1S/C18H20N2/c1-12-4-6-17-15(8-12)10-19-11-20(17)14(3)16-9-13(2)5-7-18(16)19/h4-9,14H,10-11H2,1-3H3/t14-/m1/s1. The smallest absolute Gasteiger partial charge is 0.0912 e. The van der Waals surface area contributed by atoms with Gasteiger partial charge in [-0.2, -0.15) is 0 Å². The zero-order valence-corrected chi connectivity index (χ0v) is 12.4. The quantitative estimate of drug-likeness (QED) is 0.705. The van der Waals surface area contributed by atoms with E-state index in [0.29, 0.717) is 6.04 Å². The third-order valence-electron chi connectivity index (χ3n) is 4.67. The number of hydrogen-bond donors (Lipinski definition) is 0. The molecule has 2 heteroatoms. The molecule has 0 radical (unpaired) electrons. The van der Waals surface area contributed by atoms with Crippen LogP contribution in [0.15, 0.2) is 36.4 Å². The van der Waals surface area contributed by atoms with E-state index in [2.05, 4.69) is 67.0 Å². The molecule has 0 spiro atoms. The van der Waals surface area contributed by atoms with Gasteiger partial charge in [0.2, 0.25) is 0 Å². The molecule has 0 fully saturated rings. The van der Waals surface area contributed by atoms with Gasteiger partial charge in [0.1, 0.15) is 0 Å². The molecule has 4 rings (SSSR count). The molecule has 102 valence electrons. The Morgan fingerprint density at radius 2 is 1.65 bits per heavy atom. The zero-order chi connectivity index (χ0) is 13.9. The van der Waals surface area contributed by atoms with Gasteiger partial charge in [-0.25, -0.2) is 0 Å². The van der Waals surface area contributed by atoms with E-state index in [9.17, 15) is 0 Å². The van der Waals surface area contributed by atoms with E-state index in [1.807, 2.05) is 0 Å². The lowest BCUT2D eigenvalue weighted by molar-refractivity contribution is 0.578. The molecule has 0 saturated heterocycles. The van der Waals surface area contributed by atoms with Crippen molar-refractivity contribution in [2.75, 3.05) is 16.5 Å². The molecule has 2 heterocycles. The van der Waals surface area contributed by atoms with Crippen LogP contribution in [0.3, 0.4) is 0 Å². The Labute approximate surface area is 120 Å². The molecule has 2 aliphatic heterocycles. The lowest BCUT2D eigenvalue weighted by atomic mass is 9.94. The van der Waals surface area contributed by atoms with Crippen molar-refractivity contribution in [2.45, 2.75) is 33.4 Å². The first kappa shape index (κ1) is 11.8. The minimum atomic E-state index is 0.447. The summed E-state index contributed by atoms with van der Waals surface area (Å²) < 4.78 is 0. The third-order valence-corrected chi connectivity index (χ3v) is 4.67. The zero-order valence-electron chi connectivity index (χ0n) is 12.4. The van der Waals surface area contributed by atoms with E-state index in [1.165, 1.54) is 33.6 Å². The second-order valence-electron chi connectivity index (χ2n) is 6.18. The lowest BCUT2D eigenvalue weighted by Gasteiger charge is -2.48. The van der Waals surface area contributed by atoms with Crippen molar-refractivity contribution in [3.05, 3.63) is 58.7 Å². The van der Waals surface area contributed by atoms with Crippen molar-refractivity contribution in [3.8, 4) is 0 Å². The molecule has 0 N–H and O–H groups in total. The number of anilines is 2. The SMILES string of the molecule is Cc1ccc2c(c1)CN1CN2[C@H](C)c2cc(C)ccc21. The first-order valence-electron chi connectivity index (χ1n) is 7.35. The highest BCUT2D eigenvalue weighted by molar-refractivity contribution is 5.69. The Kier molecular flexibility index (Phi) is 2.38. The third kappa shape index (κ3) is 1.57. The van der Waals surface area contributed by atoms with Gasteiger partial charge in [0, 0.05) is 17.9 Å². The molecule has 2 aliphatic rings. The van der Waals surface area contributed by atoms with Crippen LogP contribution in [-0.2, 0) is 6.54 Å². The van der Waals surface area contributed by atoms with E-state index in [1.54, 1.807) is 0 Å². The largest absolute Gasteiger partial charge is 0.349 e. The van der Waals surface area contributed by atoms with Gasteiger partial charge in [-0.15, -0.1) is 0 Å². The molecule has 0 unspecified atom stereocenters. The second kappa shape index (κ2) is 4.02. The second-order valence-corrected chi connectivity index (χ2v) is 6.18. The minimum Gasteiger partial charge on any atom is -0.349 e. The number of aryl methyl sites for hydroxylation is 2. The van der Waals surface area contributed by atoms with Crippen molar-refractivity contribution < 1.29 is 0 Å². The lowest BCUT2D eigenvalue weighted by Crippen LogP contribution is -2.47. The Morgan fingerprint density at radius 3 is 2.45 bits per heavy atom. The van der Waals surface area contributed by atoms with Gasteiger partial charge in [-0.05, 0) is 44.0 Å². The van der Waals surface area contributed by atoms with Gasteiger partial charge in [0.25, 0.3) is 0 Å². The summed E-state index contributed by atoms with van der Waals surface area (Å²) in [5.41, 5.74) is 8.43. The Balaban J connectivity index is 1.89. The number of nitrogens with zero attached hydrogens (tertiary/aromatic N) is 2. The highest BCUT2D eigenvalue weighted by Crippen LogP contribution is 2.43. The number of rotatable bonds is 0. The summed E-state index contributed by atoms with van der Waals surface area (Å²) in [7, 11) is 0. The van der Waals surface area contributed by atoms with Crippen LogP contribution in [0, 0.1) is 13.8 Å². The molecule has 2 nitrogen and oxygen atoms in total. The van der Waals surface area contributed by atoms with Gasteiger partial charge < -0.3 is 9.80 Å².